The van der Waals surface area contributed by atoms with Crippen molar-refractivity contribution in [2.75, 3.05) is 19.7 Å². The average Bonchev–Trinajstić information content (AvgIpc) is 3.05. The molecule has 0 aliphatic carbocycles. The predicted molar refractivity (Wildman–Crippen MR) is 73.4 cm³/mol. The molecule has 96 valence electrons. The van der Waals surface area contributed by atoms with Crippen LogP contribution in [0.4, 0.5) is 0 Å². The van der Waals surface area contributed by atoms with E-state index in [1.807, 2.05) is 0 Å². The van der Waals surface area contributed by atoms with Crippen LogP contribution in [0.25, 0.3) is 0 Å². The average molecular weight is 243 g/mol. The first-order valence-electron chi connectivity index (χ1n) is 6.96. The van der Waals surface area contributed by atoms with Crippen LogP contribution < -0.4 is 0 Å². The van der Waals surface area contributed by atoms with Gasteiger partial charge in [0.1, 0.15) is 8.24 Å². The van der Waals surface area contributed by atoms with Crippen LogP contribution in [-0.4, -0.2) is 38.6 Å². The molecule has 0 aromatic carbocycles. The van der Waals surface area contributed by atoms with Crippen LogP contribution in [0.1, 0.15) is 39.5 Å². The Morgan fingerprint density at radius 3 is 2.31 bits per heavy atom. The Hall–Kier alpha value is 0.137. The third-order valence-electron chi connectivity index (χ3n) is 3.61. The molecule has 1 atom stereocenters. The van der Waals surface area contributed by atoms with Crippen LogP contribution in [-0.2, 0) is 4.74 Å². The van der Waals surface area contributed by atoms with E-state index in [0.29, 0.717) is 6.10 Å². The number of nitrogens with zero attached hydrogens (tertiary/aromatic N) is 1. The minimum atomic E-state index is -1.16. The van der Waals surface area contributed by atoms with Gasteiger partial charge in [-0.3, -0.25) is 0 Å². The summed E-state index contributed by atoms with van der Waals surface area (Å²) in [5, 5.41) is 0. The summed E-state index contributed by atoms with van der Waals surface area (Å²) in [6.45, 7) is 13.1. The van der Waals surface area contributed by atoms with E-state index in [0.717, 1.165) is 6.61 Å². The van der Waals surface area contributed by atoms with Crippen molar-refractivity contribution in [2.24, 2.45) is 0 Å². The van der Waals surface area contributed by atoms with Crippen molar-refractivity contribution < 1.29 is 4.74 Å². The molecule has 1 aliphatic rings. The number of rotatable bonds is 9. The lowest BCUT2D eigenvalue weighted by molar-refractivity contribution is 0.328. The monoisotopic (exact) mass is 243 g/mol. The predicted octanol–water partition coefficient (Wildman–Crippen LogP) is 3.49. The summed E-state index contributed by atoms with van der Waals surface area (Å²) in [4.78, 5) is 0. The van der Waals surface area contributed by atoms with Crippen molar-refractivity contribution in [3.05, 3.63) is 0 Å². The maximum absolute atomic E-state index is 5.40. The van der Waals surface area contributed by atoms with Crippen molar-refractivity contribution in [1.29, 1.82) is 0 Å². The lowest BCUT2D eigenvalue weighted by Crippen LogP contribution is -2.50. The van der Waals surface area contributed by atoms with Gasteiger partial charge in [0.15, 0.2) is 0 Å². The molecule has 3 heteroatoms. The van der Waals surface area contributed by atoms with Crippen molar-refractivity contribution in [2.45, 2.75) is 64.8 Å². The standard InChI is InChI=1S/C13H29NOSi/c1-5-7-9-14(11-13-12-15-13)16(3,4)10-8-6-2/h13H,5-12H2,1-4H3. The van der Waals surface area contributed by atoms with Gasteiger partial charge in [-0.2, -0.15) is 0 Å². The fraction of sp³-hybridized carbons (Fsp3) is 1.00. The fourth-order valence-electron chi connectivity index (χ4n) is 2.18. The van der Waals surface area contributed by atoms with Gasteiger partial charge >= 0.3 is 0 Å². The molecular weight excluding hydrogens is 214 g/mol. The maximum Gasteiger partial charge on any atom is 0.122 e. The van der Waals surface area contributed by atoms with E-state index in [2.05, 4.69) is 31.5 Å². The van der Waals surface area contributed by atoms with E-state index in [9.17, 15) is 0 Å². The minimum absolute atomic E-state index is 0.560. The van der Waals surface area contributed by atoms with Crippen molar-refractivity contribution in [1.82, 2.24) is 4.57 Å². The molecule has 0 bridgehead atoms. The van der Waals surface area contributed by atoms with Gasteiger partial charge in [-0.1, -0.05) is 46.2 Å². The van der Waals surface area contributed by atoms with Crippen molar-refractivity contribution >= 4 is 8.24 Å². The van der Waals surface area contributed by atoms with E-state index < -0.39 is 8.24 Å². The van der Waals surface area contributed by atoms with Gasteiger partial charge in [0.05, 0.1) is 12.7 Å². The summed E-state index contributed by atoms with van der Waals surface area (Å²) in [6.07, 6.45) is 5.94. The van der Waals surface area contributed by atoms with Gasteiger partial charge in [-0.25, -0.2) is 0 Å². The molecule has 0 saturated carbocycles. The third-order valence-corrected chi connectivity index (χ3v) is 7.30. The van der Waals surface area contributed by atoms with Crippen molar-refractivity contribution in [3.63, 3.8) is 0 Å². The number of hydrogen-bond donors (Lipinski definition) is 0. The van der Waals surface area contributed by atoms with Gasteiger partial charge in [-0.15, -0.1) is 0 Å². The molecule has 1 unspecified atom stereocenters. The Kier molecular flexibility index (Phi) is 6.01. The maximum atomic E-state index is 5.40. The molecule has 1 heterocycles. The van der Waals surface area contributed by atoms with E-state index in [1.165, 1.54) is 44.8 Å². The van der Waals surface area contributed by atoms with Crippen LogP contribution in [0.15, 0.2) is 0 Å². The summed E-state index contributed by atoms with van der Waals surface area (Å²) >= 11 is 0. The zero-order chi connectivity index (χ0) is 12.0. The van der Waals surface area contributed by atoms with Crippen LogP contribution >= 0.6 is 0 Å². The first-order chi connectivity index (χ1) is 7.60. The second-order valence-electron chi connectivity index (χ2n) is 5.67. The second kappa shape index (κ2) is 6.77. The Morgan fingerprint density at radius 1 is 1.19 bits per heavy atom. The molecule has 1 saturated heterocycles. The fourth-order valence-corrected chi connectivity index (χ4v) is 5.17. The molecule has 0 aromatic heterocycles. The highest BCUT2D eigenvalue weighted by Crippen LogP contribution is 2.22. The lowest BCUT2D eigenvalue weighted by atomic mass is 10.3. The molecule has 1 fully saturated rings. The molecule has 0 amide bonds. The molecule has 0 radical (unpaired) electrons. The van der Waals surface area contributed by atoms with Gasteiger partial charge in [0.2, 0.25) is 0 Å². The highest BCUT2D eigenvalue weighted by Gasteiger charge is 2.33. The third kappa shape index (κ3) is 4.98. The first kappa shape index (κ1) is 14.2. The molecule has 0 spiro atoms. The summed E-state index contributed by atoms with van der Waals surface area (Å²) in [5.74, 6) is 0. The number of epoxide rings is 1. The molecular formula is C13H29NOSi. The molecule has 0 aromatic rings. The lowest BCUT2D eigenvalue weighted by Gasteiger charge is -2.37. The second-order valence-corrected chi connectivity index (χ2v) is 10.4. The zero-order valence-electron chi connectivity index (χ0n) is 11.6. The quantitative estimate of drug-likeness (QED) is 0.455. The molecule has 2 nitrogen and oxygen atoms in total. The van der Waals surface area contributed by atoms with Gasteiger partial charge in [-0.05, 0) is 19.0 Å². The highest BCUT2D eigenvalue weighted by atomic mass is 28.3. The Morgan fingerprint density at radius 2 is 1.81 bits per heavy atom. The van der Waals surface area contributed by atoms with Gasteiger partial charge in [0, 0.05) is 6.54 Å². The summed E-state index contributed by atoms with van der Waals surface area (Å²) in [5.41, 5.74) is 0. The summed E-state index contributed by atoms with van der Waals surface area (Å²) in [7, 11) is -1.16. The topological polar surface area (TPSA) is 15.8 Å². The van der Waals surface area contributed by atoms with Gasteiger partial charge < -0.3 is 9.30 Å². The van der Waals surface area contributed by atoms with E-state index >= 15 is 0 Å². The van der Waals surface area contributed by atoms with Gasteiger partial charge in [0.25, 0.3) is 0 Å². The SMILES string of the molecule is CCCCN(CC1CO1)[Si](C)(C)CCCC. The smallest absolute Gasteiger partial charge is 0.122 e. The summed E-state index contributed by atoms with van der Waals surface area (Å²) in [6, 6.07) is 1.44. The molecule has 16 heavy (non-hydrogen) atoms. The van der Waals surface area contributed by atoms with Crippen LogP contribution in [0.2, 0.25) is 19.1 Å². The number of ether oxygens (including phenoxy) is 1. The minimum Gasteiger partial charge on any atom is -0.372 e. The summed E-state index contributed by atoms with van der Waals surface area (Å²) < 4.78 is 8.18. The van der Waals surface area contributed by atoms with E-state index in [-0.39, 0.29) is 0 Å². The Balaban J connectivity index is 2.42. The Bertz CT molecular complexity index is 192. The van der Waals surface area contributed by atoms with E-state index in [1.54, 1.807) is 0 Å². The number of hydrogen-bond acceptors (Lipinski definition) is 2. The van der Waals surface area contributed by atoms with Crippen LogP contribution in [0.3, 0.4) is 0 Å². The Labute approximate surface area is 102 Å². The molecule has 1 rings (SSSR count). The highest BCUT2D eigenvalue weighted by molar-refractivity contribution is 6.74. The zero-order valence-corrected chi connectivity index (χ0v) is 12.6. The molecule has 0 N–H and O–H groups in total. The van der Waals surface area contributed by atoms with E-state index in [4.69, 9.17) is 4.74 Å². The largest absolute Gasteiger partial charge is 0.372 e. The van der Waals surface area contributed by atoms with Crippen molar-refractivity contribution in [3.8, 4) is 0 Å². The number of unbranched alkanes of at least 4 members (excludes halogenated alkanes) is 2. The normalized spacial score (nSPS) is 20.4. The van der Waals surface area contributed by atoms with Crippen LogP contribution in [0, 0.1) is 0 Å². The van der Waals surface area contributed by atoms with Crippen LogP contribution in [0.5, 0.6) is 0 Å². The molecule has 1 aliphatic heterocycles. The first-order valence-corrected chi connectivity index (χ1v) is 10.1.